The molecule has 0 atom stereocenters. The van der Waals surface area contributed by atoms with Crippen LogP contribution in [-0.2, 0) is 14.7 Å². The van der Waals surface area contributed by atoms with E-state index in [0.717, 1.165) is 29.3 Å². The predicted molar refractivity (Wildman–Crippen MR) is 58.7 cm³/mol. The number of amides is 1. The van der Waals surface area contributed by atoms with Gasteiger partial charge in [0, 0.05) is 12.6 Å². The van der Waals surface area contributed by atoms with Crippen molar-refractivity contribution in [1.29, 1.82) is 0 Å². The number of hydroxylamine groups is 2. The lowest BCUT2D eigenvalue weighted by Gasteiger charge is -2.13. The van der Waals surface area contributed by atoms with Crippen molar-refractivity contribution in [3.63, 3.8) is 0 Å². The molecule has 0 spiro atoms. The minimum atomic E-state index is -4.63. The highest BCUT2D eigenvalue weighted by molar-refractivity contribution is 7.91. The van der Waals surface area contributed by atoms with E-state index in [9.17, 15) is 22.0 Å². The lowest BCUT2D eigenvalue weighted by Crippen LogP contribution is -2.25. The average Bonchev–Trinajstić information content (AvgIpc) is 2.36. The number of carbonyl (C=O) groups excluding carboxylic acids is 1. The Bertz CT molecular complexity index is 527. The molecule has 0 saturated heterocycles. The quantitative estimate of drug-likeness (QED) is 0.780. The van der Waals surface area contributed by atoms with Gasteiger partial charge in [-0.3, -0.25) is 9.63 Å². The highest BCUT2D eigenvalue weighted by Gasteiger charge is 2.26. The zero-order valence-corrected chi connectivity index (χ0v) is 10.4. The Morgan fingerprint density at radius 2 is 1.78 bits per heavy atom. The van der Waals surface area contributed by atoms with Crippen molar-refractivity contribution in [2.24, 2.45) is 0 Å². The second kappa shape index (κ2) is 5.40. The number of benzene rings is 1. The summed E-state index contributed by atoms with van der Waals surface area (Å²) in [5.41, 5.74) is 0.132. The minimum Gasteiger partial charge on any atom is -0.274 e. The van der Waals surface area contributed by atoms with Gasteiger partial charge in [0.15, 0.2) is 0 Å². The molecule has 0 aliphatic rings. The zero-order chi connectivity index (χ0) is 13.9. The SMILES string of the molecule is CON(C)C(=O)c1ccc(S(=O)(=O)C(F)F)cc1. The van der Waals surface area contributed by atoms with Gasteiger partial charge in [0.1, 0.15) is 0 Å². The van der Waals surface area contributed by atoms with Crippen LogP contribution in [0.5, 0.6) is 0 Å². The van der Waals surface area contributed by atoms with Crippen LogP contribution in [0.1, 0.15) is 10.4 Å². The van der Waals surface area contributed by atoms with E-state index < -0.39 is 26.4 Å². The number of halogens is 2. The first kappa shape index (κ1) is 14.5. The van der Waals surface area contributed by atoms with Gasteiger partial charge < -0.3 is 0 Å². The lowest BCUT2D eigenvalue weighted by atomic mass is 10.2. The predicted octanol–water partition coefficient (Wildman–Crippen LogP) is 1.32. The van der Waals surface area contributed by atoms with Crippen LogP contribution in [0.25, 0.3) is 0 Å². The number of nitrogens with zero attached hydrogens (tertiary/aromatic N) is 1. The molecule has 0 saturated carbocycles. The van der Waals surface area contributed by atoms with E-state index in [2.05, 4.69) is 4.84 Å². The Morgan fingerprint density at radius 1 is 1.28 bits per heavy atom. The number of carbonyl (C=O) groups is 1. The molecule has 5 nitrogen and oxygen atoms in total. The molecule has 0 unspecified atom stereocenters. The smallest absolute Gasteiger partial charge is 0.274 e. The molecule has 1 aromatic carbocycles. The molecule has 0 bridgehead atoms. The van der Waals surface area contributed by atoms with Crippen LogP contribution in [0.2, 0.25) is 0 Å². The molecule has 1 aromatic rings. The molecule has 0 fully saturated rings. The number of hydrogen-bond donors (Lipinski definition) is 0. The number of rotatable bonds is 4. The second-order valence-electron chi connectivity index (χ2n) is 3.32. The van der Waals surface area contributed by atoms with Crippen LogP contribution >= 0.6 is 0 Å². The van der Waals surface area contributed by atoms with Crippen molar-refractivity contribution in [2.45, 2.75) is 10.7 Å². The summed E-state index contributed by atoms with van der Waals surface area (Å²) in [6.45, 7) is 0. The zero-order valence-electron chi connectivity index (χ0n) is 9.63. The minimum absolute atomic E-state index is 0.132. The van der Waals surface area contributed by atoms with Crippen molar-refractivity contribution >= 4 is 15.7 Å². The van der Waals surface area contributed by atoms with Gasteiger partial charge in [-0.15, -0.1) is 0 Å². The molecule has 8 heteroatoms. The standard InChI is InChI=1S/C10H11F2NO4S/c1-13(17-2)9(14)7-3-5-8(6-4-7)18(15,16)10(11)12/h3-6,10H,1-2H3. The van der Waals surface area contributed by atoms with E-state index in [1.54, 1.807) is 0 Å². The summed E-state index contributed by atoms with van der Waals surface area (Å²) in [7, 11) is -1.98. The summed E-state index contributed by atoms with van der Waals surface area (Å²) in [6, 6.07) is 4.21. The van der Waals surface area contributed by atoms with Gasteiger partial charge >= 0.3 is 5.76 Å². The Morgan fingerprint density at radius 3 is 2.17 bits per heavy atom. The van der Waals surface area contributed by atoms with Gasteiger partial charge in [-0.1, -0.05) is 0 Å². The van der Waals surface area contributed by atoms with Crippen LogP contribution < -0.4 is 0 Å². The molecular weight excluding hydrogens is 268 g/mol. The van der Waals surface area contributed by atoms with E-state index in [-0.39, 0.29) is 5.56 Å². The molecule has 0 aliphatic heterocycles. The third kappa shape index (κ3) is 2.82. The van der Waals surface area contributed by atoms with Crippen LogP contribution in [-0.4, -0.2) is 39.3 Å². The van der Waals surface area contributed by atoms with Gasteiger partial charge in [0.2, 0.25) is 9.84 Å². The fraction of sp³-hybridized carbons (Fsp3) is 0.300. The van der Waals surface area contributed by atoms with Crippen LogP contribution in [0, 0.1) is 0 Å². The van der Waals surface area contributed by atoms with Crippen molar-refractivity contribution in [2.75, 3.05) is 14.2 Å². The molecule has 100 valence electrons. The summed E-state index contributed by atoms with van der Waals surface area (Å²) >= 11 is 0. The van der Waals surface area contributed by atoms with Gasteiger partial charge in [0.25, 0.3) is 5.91 Å². The van der Waals surface area contributed by atoms with E-state index in [1.807, 2.05) is 0 Å². The van der Waals surface area contributed by atoms with E-state index >= 15 is 0 Å². The average molecular weight is 279 g/mol. The molecule has 1 amide bonds. The highest BCUT2D eigenvalue weighted by Crippen LogP contribution is 2.19. The maximum absolute atomic E-state index is 12.3. The summed E-state index contributed by atoms with van der Waals surface area (Å²) in [6.07, 6.45) is 0. The van der Waals surface area contributed by atoms with Crippen molar-refractivity contribution in [1.82, 2.24) is 5.06 Å². The van der Waals surface area contributed by atoms with Crippen molar-refractivity contribution in [3.05, 3.63) is 29.8 Å². The van der Waals surface area contributed by atoms with Crippen molar-refractivity contribution < 1.29 is 26.8 Å². The Kier molecular flexibility index (Phi) is 4.36. The maximum Gasteiger partial charge on any atom is 0.341 e. The lowest BCUT2D eigenvalue weighted by molar-refractivity contribution is -0.0757. The first-order chi connectivity index (χ1) is 8.30. The van der Waals surface area contributed by atoms with Gasteiger partial charge in [-0.2, -0.15) is 8.78 Å². The van der Waals surface area contributed by atoms with Crippen LogP contribution in [0.4, 0.5) is 8.78 Å². The van der Waals surface area contributed by atoms with Crippen LogP contribution in [0.15, 0.2) is 29.2 Å². The monoisotopic (exact) mass is 279 g/mol. The summed E-state index contributed by atoms with van der Waals surface area (Å²) in [4.78, 5) is 15.7. The van der Waals surface area contributed by atoms with Crippen molar-refractivity contribution in [3.8, 4) is 0 Å². The van der Waals surface area contributed by atoms with E-state index in [4.69, 9.17) is 0 Å². The van der Waals surface area contributed by atoms with Gasteiger partial charge in [-0.25, -0.2) is 13.5 Å². The topological polar surface area (TPSA) is 63.7 Å². The maximum atomic E-state index is 12.3. The third-order valence-corrected chi connectivity index (χ3v) is 3.62. The molecular formula is C10H11F2NO4S. The Labute approximate surface area is 103 Å². The van der Waals surface area contributed by atoms with E-state index in [0.29, 0.717) is 0 Å². The third-order valence-electron chi connectivity index (χ3n) is 2.22. The van der Waals surface area contributed by atoms with Gasteiger partial charge in [0.05, 0.1) is 12.0 Å². The first-order valence-electron chi connectivity index (χ1n) is 4.75. The second-order valence-corrected chi connectivity index (χ2v) is 5.23. The van der Waals surface area contributed by atoms with E-state index in [1.165, 1.54) is 14.2 Å². The summed E-state index contributed by atoms with van der Waals surface area (Å²) < 4.78 is 46.8. The molecule has 0 radical (unpaired) electrons. The molecule has 0 aromatic heterocycles. The molecule has 0 heterocycles. The Balaban J connectivity index is 3.05. The first-order valence-corrected chi connectivity index (χ1v) is 6.29. The highest BCUT2D eigenvalue weighted by atomic mass is 32.2. The number of sulfone groups is 1. The molecule has 0 aliphatic carbocycles. The van der Waals surface area contributed by atoms with Gasteiger partial charge in [-0.05, 0) is 24.3 Å². The fourth-order valence-corrected chi connectivity index (χ4v) is 1.88. The Hall–Kier alpha value is -1.54. The largest absolute Gasteiger partial charge is 0.341 e. The number of alkyl halides is 2. The normalized spacial score (nSPS) is 11.6. The molecule has 0 N–H and O–H groups in total. The molecule has 18 heavy (non-hydrogen) atoms. The fourth-order valence-electron chi connectivity index (χ4n) is 1.15. The summed E-state index contributed by atoms with van der Waals surface area (Å²) in [5.74, 6) is -4.00. The molecule has 1 rings (SSSR count). The number of hydrogen-bond acceptors (Lipinski definition) is 4. The van der Waals surface area contributed by atoms with Crippen LogP contribution in [0.3, 0.4) is 0 Å². The summed E-state index contributed by atoms with van der Waals surface area (Å²) in [5, 5.41) is 0.927.